The summed E-state index contributed by atoms with van der Waals surface area (Å²) in [6.07, 6.45) is 2.06. The molecular weight excluding hydrogens is 425 g/mol. The van der Waals surface area contributed by atoms with Crippen molar-refractivity contribution < 1.29 is 19.4 Å². The van der Waals surface area contributed by atoms with Crippen LogP contribution in [-0.4, -0.2) is 28.7 Å². The van der Waals surface area contributed by atoms with Crippen molar-refractivity contribution in [2.24, 2.45) is 0 Å². The van der Waals surface area contributed by atoms with Crippen LogP contribution in [-0.2, 0) is 4.79 Å². The van der Waals surface area contributed by atoms with Gasteiger partial charge in [0.1, 0.15) is 5.75 Å². The van der Waals surface area contributed by atoms with Gasteiger partial charge in [-0.25, -0.2) is 0 Å². The van der Waals surface area contributed by atoms with Crippen LogP contribution in [0.5, 0.6) is 5.75 Å². The number of rotatable bonds is 7. The Kier molecular flexibility index (Phi) is 6.74. The summed E-state index contributed by atoms with van der Waals surface area (Å²) < 4.78 is 6.88. The molecular formula is C23H23Cl2NO4. The molecule has 1 aromatic heterocycles. The molecule has 1 N–H and O–H groups in total. The van der Waals surface area contributed by atoms with Gasteiger partial charge < -0.3 is 9.84 Å². The lowest BCUT2D eigenvalue weighted by Crippen LogP contribution is -2.16. The van der Waals surface area contributed by atoms with Crippen LogP contribution in [0.15, 0.2) is 36.4 Å². The Balaban J connectivity index is 2.32. The Labute approximate surface area is 185 Å². The Morgan fingerprint density at radius 1 is 1.13 bits per heavy atom. The first-order chi connectivity index (χ1) is 14.3. The number of aliphatic carboxylic acids is 1. The number of benzene rings is 2. The number of hydrogen-bond acceptors (Lipinski definition) is 3. The first kappa shape index (κ1) is 22.2. The zero-order chi connectivity index (χ0) is 22.0. The summed E-state index contributed by atoms with van der Waals surface area (Å²) in [5.41, 5.74) is 2.11. The van der Waals surface area contributed by atoms with Gasteiger partial charge in [-0.05, 0) is 55.3 Å². The molecule has 0 saturated carbocycles. The number of carboxylic acid groups (broad SMARTS) is 1. The SMILES string of the molecule is CCCCC(C(=O)O)c1c(C)n(C(=O)c2ccc(Cl)cc2)c2ccc(OC)c(Cl)c12. The number of methoxy groups -OCH3 is 1. The Bertz CT molecular complexity index is 1100. The fraction of sp³-hybridized carbons (Fsp3) is 0.304. The molecule has 0 spiro atoms. The van der Waals surface area contributed by atoms with Crippen LogP contribution in [0.2, 0.25) is 10.0 Å². The minimum Gasteiger partial charge on any atom is -0.495 e. The molecule has 158 valence electrons. The smallest absolute Gasteiger partial charge is 0.311 e. The van der Waals surface area contributed by atoms with E-state index in [2.05, 4.69) is 0 Å². The molecule has 0 aliphatic heterocycles. The monoisotopic (exact) mass is 447 g/mol. The second-order valence-corrected chi connectivity index (χ2v) is 7.97. The van der Waals surface area contributed by atoms with Crippen molar-refractivity contribution in [3.05, 3.63) is 63.3 Å². The van der Waals surface area contributed by atoms with Gasteiger partial charge >= 0.3 is 5.97 Å². The van der Waals surface area contributed by atoms with Gasteiger partial charge in [-0.15, -0.1) is 0 Å². The molecule has 0 aliphatic rings. The number of nitrogens with zero attached hydrogens (tertiary/aromatic N) is 1. The third-order valence-electron chi connectivity index (χ3n) is 5.33. The lowest BCUT2D eigenvalue weighted by molar-refractivity contribution is -0.139. The summed E-state index contributed by atoms with van der Waals surface area (Å²) >= 11 is 12.6. The highest BCUT2D eigenvalue weighted by molar-refractivity contribution is 6.37. The summed E-state index contributed by atoms with van der Waals surface area (Å²) in [4.78, 5) is 25.5. The molecule has 2 aromatic carbocycles. The van der Waals surface area contributed by atoms with E-state index in [1.165, 1.54) is 11.7 Å². The van der Waals surface area contributed by atoms with Crippen LogP contribution in [0.25, 0.3) is 10.9 Å². The van der Waals surface area contributed by atoms with Gasteiger partial charge in [0.25, 0.3) is 5.91 Å². The van der Waals surface area contributed by atoms with Crippen molar-refractivity contribution in [2.75, 3.05) is 7.11 Å². The molecule has 3 aromatic rings. The third kappa shape index (κ3) is 3.92. The average Bonchev–Trinajstić information content (AvgIpc) is 3.01. The summed E-state index contributed by atoms with van der Waals surface area (Å²) in [7, 11) is 1.50. The first-order valence-electron chi connectivity index (χ1n) is 9.72. The molecule has 7 heteroatoms. The van der Waals surface area contributed by atoms with Crippen molar-refractivity contribution >= 4 is 46.0 Å². The second kappa shape index (κ2) is 9.11. The largest absolute Gasteiger partial charge is 0.495 e. The second-order valence-electron chi connectivity index (χ2n) is 7.16. The number of aromatic nitrogens is 1. The van der Waals surface area contributed by atoms with Crippen LogP contribution < -0.4 is 4.74 Å². The van der Waals surface area contributed by atoms with Gasteiger partial charge in [0, 0.05) is 21.7 Å². The molecule has 1 heterocycles. The van der Waals surface area contributed by atoms with E-state index in [1.807, 2.05) is 6.92 Å². The predicted molar refractivity (Wildman–Crippen MR) is 119 cm³/mol. The molecule has 0 radical (unpaired) electrons. The molecule has 3 rings (SSSR count). The minimum atomic E-state index is -0.941. The fourth-order valence-corrected chi connectivity index (χ4v) is 4.30. The molecule has 0 bridgehead atoms. The maximum atomic E-state index is 13.4. The number of fused-ring (bicyclic) bond motifs is 1. The number of carbonyl (C=O) groups excluding carboxylic acids is 1. The van der Waals surface area contributed by atoms with Gasteiger partial charge in [0.05, 0.1) is 23.6 Å². The van der Waals surface area contributed by atoms with Crippen molar-refractivity contribution in [1.29, 1.82) is 0 Å². The van der Waals surface area contributed by atoms with Gasteiger partial charge in [-0.1, -0.05) is 43.0 Å². The van der Waals surface area contributed by atoms with E-state index in [0.29, 0.717) is 49.9 Å². The summed E-state index contributed by atoms with van der Waals surface area (Å²) in [5, 5.41) is 11.3. The summed E-state index contributed by atoms with van der Waals surface area (Å²) in [6, 6.07) is 10.0. The van der Waals surface area contributed by atoms with Crippen LogP contribution >= 0.6 is 23.2 Å². The number of hydrogen-bond donors (Lipinski definition) is 1. The number of carboxylic acids is 1. The topological polar surface area (TPSA) is 68.5 Å². The maximum absolute atomic E-state index is 13.4. The zero-order valence-corrected chi connectivity index (χ0v) is 18.5. The quantitative estimate of drug-likeness (QED) is 0.460. The highest BCUT2D eigenvalue weighted by atomic mass is 35.5. The van der Waals surface area contributed by atoms with Crippen molar-refractivity contribution in [1.82, 2.24) is 4.57 Å². The van der Waals surface area contributed by atoms with Crippen LogP contribution in [0.4, 0.5) is 0 Å². The predicted octanol–water partition coefficient (Wildman–Crippen LogP) is 6.31. The van der Waals surface area contributed by atoms with E-state index < -0.39 is 11.9 Å². The Hall–Kier alpha value is -2.50. The number of halogens is 2. The summed E-state index contributed by atoms with van der Waals surface area (Å²) in [5.74, 6) is -1.57. The normalized spacial score (nSPS) is 12.2. The van der Waals surface area contributed by atoms with E-state index in [9.17, 15) is 14.7 Å². The van der Waals surface area contributed by atoms with E-state index in [1.54, 1.807) is 43.3 Å². The zero-order valence-electron chi connectivity index (χ0n) is 17.0. The van der Waals surface area contributed by atoms with Crippen molar-refractivity contribution in [3.63, 3.8) is 0 Å². The number of carbonyl (C=O) groups is 2. The lowest BCUT2D eigenvalue weighted by atomic mass is 9.91. The van der Waals surface area contributed by atoms with Gasteiger partial charge in [-0.2, -0.15) is 0 Å². The van der Waals surface area contributed by atoms with E-state index in [4.69, 9.17) is 27.9 Å². The molecule has 1 atom stereocenters. The Morgan fingerprint density at radius 3 is 2.37 bits per heavy atom. The minimum absolute atomic E-state index is 0.277. The molecule has 5 nitrogen and oxygen atoms in total. The number of ether oxygens (including phenoxy) is 1. The Morgan fingerprint density at radius 2 is 1.80 bits per heavy atom. The summed E-state index contributed by atoms with van der Waals surface area (Å²) in [6.45, 7) is 3.77. The molecule has 0 amide bonds. The lowest BCUT2D eigenvalue weighted by Gasteiger charge is -2.14. The number of unbranched alkanes of at least 4 members (excludes halogenated alkanes) is 1. The molecule has 0 saturated heterocycles. The standard InChI is InChI=1S/C23H23Cl2NO4/c1-4-5-6-16(23(28)29)19-13(2)26(22(27)14-7-9-15(24)10-8-14)17-11-12-18(30-3)21(25)20(17)19/h7-12,16H,4-6H2,1-3H3,(H,28,29). The molecule has 1 unspecified atom stereocenters. The van der Waals surface area contributed by atoms with Crippen LogP contribution in [0.1, 0.15) is 53.7 Å². The molecule has 0 fully saturated rings. The maximum Gasteiger partial charge on any atom is 0.311 e. The van der Waals surface area contributed by atoms with Crippen LogP contribution in [0, 0.1) is 6.92 Å². The van der Waals surface area contributed by atoms with Crippen molar-refractivity contribution in [2.45, 2.75) is 39.0 Å². The van der Waals surface area contributed by atoms with Gasteiger partial charge in [-0.3, -0.25) is 14.2 Å². The third-order valence-corrected chi connectivity index (χ3v) is 5.95. The molecule has 30 heavy (non-hydrogen) atoms. The van der Waals surface area contributed by atoms with Crippen LogP contribution in [0.3, 0.4) is 0 Å². The van der Waals surface area contributed by atoms with E-state index >= 15 is 0 Å². The highest BCUT2D eigenvalue weighted by Gasteiger charge is 2.31. The fourth-order valence-electron chi connectivity index (χ4n) is 3.84. The van der Waals surface area contributed by atoms with E-state index in [0.717, 1.165) is 12.8 Å². The molecule has 0 aliphatic carbocycles. The van der Waals surface area contributed by atoms with Crippen molar-refractivity contribution in [3.8, 4) is 5.75 Å². The van der Waals surface area contributed by atoms with Gasteiger partial charge in [0.15, 0.2) is 0 Å². The first-order valence-corrected chi connectivity index (χ1v) is 10.5. The average molecular weight is 448 g/mol. The van der Waals surface area contributed by atoms with Gasteiger partial charge in [0.2, 0.25) is 0 Å². The highest BCUT2D eigenvalue weighted by Crippen LogP contribution is 2.42. The van der Waals surface area contributed by atoms with E-state index in [-0.39, 0.29) is 5.91 Å².